The van der Waals surface area contributed by atoms with Crippen molar-refractivity contribution in [2.24, 2.45) is 11.8 Å². The normalized spacial score (nSPS) is 13.5. The van der Waals surface area contributed by atoms with Gasteiger partial charge in [0, 0.05) is 16.6 Å². The topological polar surface area (TPSA) is 38.7 Å². The molecule has 6 heteroatoms. The SMILES string of the molecule is CCCCC(CC)Cc1csc(-c2cnc(-c3cc(CC(CC)CCCC)cs3)c3nsnc23)c1. The molecule has 35 heavy (non-hydrogen) atoms. The Bertz CT molecular complexity index is 1100. The highest BCUT2D eigenvalue weighted by atomic mass is 32.1. The maximum atomic E-state index is 4.94. The molecule has 0 aliphatic heterocycles. The summed E-state index contributed by atoms with van der Waals surface area (Å²) in [7, 11) is 0. The molecule has 4 aromatic heterocycles. The fraction of sp³-hybridized carbons (Fsp3) is 0.552. The fourth-order valence-electron chi connectivity index (χ4n) is 4.92. The first-order valence-corrected chi connectivity index (χ1v) is 15.9. The highest BCUT2D eigenvalue weighted by molar-refractivity contribution is 7.14. The molecule has 2 atom stereocenters. The average Bonchev–Trinajstić information content (AvgIpc) is 3.65. The molecule has 188 valence electrons. The summed E-state index contributed by atoms with van der Waals surface area (Å²) in [4.78, 5) is 7.41. The summed E-state index contributed by atoms with van der Waals surface area (Å²) in [5, 5.41) is 4.65. The molecule has 2 unspecified atom stereocenters. The molecule has 4 aromatic rings. The van der Waals surface area contributed by atoms with Crippen LogP contribution in [0.25, 0.3) is 32.0 Å². The van der Waals surface area contributed by atoms with Crippen molar-refractivity contribution < 1.29 is 0 Å². The van der Waals surface area contributed by atoms with Crippen molar-refractivity contribution >= 4 is 45.4 Å². The first-order chi connectivity index (χ1) is 17.2. The maximum absolute atomic E-state index is 4.94. The minimum atomic E-state index is 0.774. The smallest absolute Gasteiger partial charge is 0.132 e. The molecule has 3 nitrogen and oxygen atoms in total. The number of rotatable bonds is 14. The van der Waals surface area contributed by atoms with Gasteiger partial charge in [0.1, 0.15) is 16.7 Å². The number of pyridine rings is 1. The van der Waals surface area contributed by atoms with Gasteiger partial charge in [0.05, 0.1) is 16.6 Å². The van der Waals surface area contributed by atoms with Crippen molar-refractivity contribution in [1.82, 2.24) is 13.7 Å². The molecule has 0 aliphatic rings. The van der Waals surface area contributed by atoms with E-state index in [-0.39, 0.29) is 0 Å². The molecule has 0 spiro atoms. The van der Waals surface area contributed by atoms with Crippen molar-refractivity contribution in [2.75, 3.05) is 0 Å². The van der Waals surface area contributed by atoms with Crippen LogP contribution in [0.4, 0.5) is 0 Å². The van der Waals surface area contributed by atoms with Crippen LogP contribution < -0.4 is 0 Å². The van der Waals surface area contributed by atoms with E-state index in [2.05, 4.69) is 55.0 Å². The zero-order chi connectivity index (χ0) is 24.6. The standard InChI is InChI=1S/C29H39N3S3/c1-5-9-11-20(7-3)13-22-15-25(33-18-22)24-17-30-28(29-27(24)31-35-32-29)26-16-23(19-34-26)14-21(8-4)12-10-6-2/h15-21H,5-14H2,1-4H3. The summed E-state index contributed by atoms with van der Waals surface area (Å²) in [5.41, 5.74) is 6.94. The summed E-state index contributed by atoms with van der Waals surface area (Å²) in [5.74, 6) is 1.55. The number of hydrogen-bond acceptors (Lipinski definition) is 6. The lowest BCUT2D eigenvalue weighted by Gasteiger charge is -2.13. The number of unbranched alkanes of at least 4 members (excludes halogenated alkanes) is 2. The fourth-order valence-corrected chi connectivity index (χ4v) is 7.34. The van der Waals surface area contributed by atoms with Crippen molar-refractivity contribution in [3.8, 4) is 21.0 Å². The molecule has 0 aromatic carbocycles. The van der Waals surface area contributed by atoms with Gasteiger partial charge in [-0.2, -0.15) is 8.75 Å². The molecule has 0 N–H and O–H groups in total. The summed E-state index contributed by atoms with van der Waals surface area (Å²) in [6.45, 7) is 9.21. The van der Waals surface area contributed by atoms with Gasteiger partial charge in [-0.15, -0.1) is 22.7 Å². The Morgan fingerprint density at radius 3 is 1.91 bits per heavy atom. The van der Waals surface area contributed by atoms with E-state index in [1.807, 2.05) is 17.5 Å². The molecule has 0 bridgehead atoms. The minimum absolute atomic E-state index is 0.774. The molecule has 0 radical (unpaired) electrons. The molecule has 0 saturated heterocycles. The van der Waals surface area contributed by atoms with E-state index < -0.39 is 0 Å². The van der Waals surface area contributed by atoms with E-state index in [1.165, 1.54) is 96.8 Å². The van der Waals surface area contributed by atoms with Gasteiger partial charge in [0.15, 0.2) is 0 Å². The van der Waals surface area contributed by atoms with Gasteiger partial charge in [-0.1, -0.05) is 79.1 Å². The Hall–Kier alpha value is -1.63. The Morgan fingerprint density at radius 1 is 0.743 bits per heavy atom. The average molecular weight is 526 g/mol. The van der Waals surface area contributed by atoms with Gasteiger partial charge < -0.3 is 0 Å². The zero-order valence-corrected chi connectivity index (χ0v) is 24.1. The van der Waals surface area contributed by atoms with Crippen LogP contribution in [0, 0.1) is 11.8 Å². The van der Waals surface area contributed by atoms with Crippen LogP contribution in [0.5, 0.6) is 0 Å². The monoisotopic (exact) mass is 525 g/mol. The lowest BCUT2D eigenvalue weighted by molar-refractivity contribution is 0.449. The maximum Gasteiger partial charge on any atom is 0.132 e. The largest absolute Gasteiger partial charge is 0.252 e. The summed E-state index contributed by atoms with van der Waals surface area (Å²) in [6, 6.07) is 4.70. The van der Waals surface area contributed by atoms with Crippen LogP contribution >= 0.6 is 34.4 Å². The second-order valence-electron chi connectivity index (χ2n) is 9.86. The van der Waals surface area contributed by atoms with E-state index in [9.17, 15) is 0 Å². The van der Waals surface area contributed by atoms with Gasteiger partial charge in [-0.05, 0) is 58.7 Å². The lowest BCUT2D eigenvalue weighted by atomic mass is 9.93. The second-order valence-corrected chi connectivity index (χ2v) is 12.2. The minimum Gasteiger partial charge on any atom is -0.252 e. The third-order valence-corrected chi connectivity index (χ3v) is 9.76. The van der Waals surface area contributed by atoms with Crippen molar-refractivity contribution in [3.63, 3.8) is 0 Å². The molecule has 4 heterocycles. The molecular formula is C29H39N3S3. The zero-order valence-electron chi connectivity index (χ0n) is 21.7. The van der Waals surface area contributed by atoms with E-state index in [0.29, 0.717) is 0 Å². The van der Waals surface area contributed by atoms with Crippen molar-refractivity contribution in [1.29, 1.82) is 0 Å². The Kier molecular flexibility index (Phi) is 9.87. The van der Waals surface area contributed by atoms with Gasteiger partial charge >= 0.3 is 0 Å². The predicted octanol–water partition coefficient (Wildman–Crippen LogP) is 10.1. The molecule has 0 saturated carbocycles. The third-order valence-electron chi connectivity index (χ3n) is 7.23. The second kappa shape index (κ2) is 13.1. The Balaban J connectivity index is 1.54. The summed E-state index contributed by atoms with van der Waals surface area (Å²) < 4.78 is 9.40. The quantitative estimate of drug-likeness (QED) is 0.164. The number of hydrogen-bond donors (Lipinski definition) is 0. The molecular weight excluding hydrogens is 487 g/mol. The summed E-state index contributed by atoms with van der Waals surface area (Å²) >= 11 is 4.91. The first-order valence-electron chi connectivity index (χ1n) is 13.4. The highest BCUT2D eigenvalue weighted by Gasteiger charge is 2.18. The Labute approximate surface area is 223 Å². The van der Waals surface area contributed by atoms with Crippen LogP contribution in [-0.4, -0.2) is 13.7 Å². The molecule has 0 fully saturated rings. The van der Waals surface area contributed by atoms with Gasteiger partial charge in [-0.25, -0.2) is 0 Å². The van der Waals surface area contributed by atoms with E-state index in [4.69, 9.17) is 9.36 Å². The number of nitrogens with zero attached hydrogens (tertiary/aromatic N) is 3. The lowest BCUT2D eigenvalue weighted by Crippen LogP contribution is -2.02. The van der Waals surface area contributed by atoms with E-state index >= 15 is 0 Å². The van der Waals surface area contributed by atoms with Crippen LogP contribution in [-0.2, 0) is 12.8 Å². The Morgan fingerprint density at radius 2 is 1.31 bits per heavy atom. The van der Waals surface area contributed by atoms with Crippen molar-refractivity contribution in [3.05, 3.63) is 40.2 Å². The van der Waals surface area contributed by atoms with Gasteiger partial charge in [0.2, 0.25) is 0 Å². The number of aromatic nitrogens is 3. The van der Waals surface area contributed by atoms with Crippen LogP contribution in [0.3, 0.4) is 0 Å². The van der Waals surface area contributed by atoms with Gasteiger partial charge in [-0.3, -0.25) is 4.98 Å². The van der Waals surface area contributed by atoms with Crippen molar-refractivity contribution in [2.45, 2.75) is 91.9 Å². The van der Waals surface area contributed by atoms with Crippen LogP contribution in [0.15, 0.2) is 29.1 Å². The first kappa shape index (κ1) is 26.4. The molecule has 0 aliphatic carbocycles. The predicted molar refractivity (Wildman–Crippen MR) is 156 cm³/mol. The number of fused-ring (bicyclic) bond motifs is 1. The van der Waals surface area contributed by atoms with Crippen LogP contribution in [0.2, 0.25) is 0 Å². The van der Waals surface area contributed by atoms with Gasteiger partial charge in [0.25, 0.3) is 0 Å². The third kappa shape index (κ3) is 6.58. The molecule has 4 rings (SSSR count). The van der Waals surface area contributed by atoms with Crippen LogP contribution in [0.1, 0.15) is 90.2 Å². The number of thiophene rings is 2. The molecule has 0 amide bonds. The highest BCUT2D eigenvalue weighted by Crippen LogP contribution is 2.38. The van der Waals surface area contributed by atoms with E-state index in [0.717, 1.165) is 34.1 Å². The van der Waals surface area contributed by atoms with E-state index in [1.54, 1.807) is 11.3 Å². The summed E-state index contributed by atoms with van der Waals surface area (Å²) in [6.07, 6.45) is 14.7.